The second-order valence-corrected chi connectivity index (χ2v) is 4.40. The molecule has 0 aromatic carbocycles. The number of carbonyl (C=O) groups is 2. The van der Waals surface area contributed by atoms with Gasteiger partial charge in [0.05, 0.1) is 7.11 Å². The minimum atomic E-state index is -0.792. The summed E-state index contributed by atoms with van der Waals surface area (Å²) >= 11 is 0. The highest BCUT2D eigenvalue weighted by atomic mass is 16.6. The predicted octanol–water partition coefficient (Wildman–Crippen LogP) is 1.92. The van der Waals surface area contributed by atoms with Crippen LogP contribution >= 0.6 is 0 Å². The molecule has 0 fully saturated rings. The molecule has 4 heteroatoms. The number of esters is 2. The van der Waals surface area contributed by atoms with Crippen LogP contribution in [0.1, 0.15) is 40.5 Å². The summed E-state index contributed by atoms with van der Waals surface area (Å²) in [5.41, 5.74) is -0.572. The molecule has 0 aromatic heterocycles. The molecule has 15 heavy (non-hydrogen) atoms. The maximum absolute atomic E-state index is 11.6. The molecule has 0 aliphatic carbocycles. The molecule has 0 radical (unpaired) electrons. The standard InChI is InChI=1S/C11H20O4/c1-6-7-8(9(12)14-5)10(13)15-11(2,3)4/h8H,6-7H2,1-5H3. The van der Waals surface area contributed by atoms with Crippen molar-refractivity contribution < 1.29 is 19.1 Å². The van der Waals surface area contributed by atoms with Gasteiger partial charge in [-0.15, -0.1) is 0 Å². The van der Waals surface area contributed by atoms with Crippen LogP contribution < -0.4 is 0 Å². The summed E-state index contributed by atoms with van der Waals surface area (Å²) in [7, 11) is 1.27. The van der Waals surface area contributed by atoms with Gasteiger partial charge in [-0.3, -0.25) is 9.59 Å². The van der Waals surface area contributed by atoms with Crippen molar-refractivity contribution in [2.75, 3.05) is 7.11 Å². The molecule has 4 nitrogen and oxygen atoms in total. The van der Waals surface area contributed by atoms with E-state index in [1.165, 1.54) is 7.11 Å². The Balaban J connectivity index is 4.49. The van der Waals surface area contributed by atoms with Gasteiger partial charge in [-0.1, -0.05) is 13.3 Å². The van der Waals surface area contributed by atoms with E-state index in [-0.39, 0.29) is 0 Å². The molecular weight excluding hydrogens is 196 g/mol. The molecule has 0 aliphatic rings. The van der Waals surface area contributed by atoms with Crippen LogP contribution in [0.25, 0.3) is 0 Å². The average Bonchev–Trinajstić information content (AvgIpc) is 2.10. The third-order valence-corrected chi connectivity index (χ3v) is 1.75. The summed E-state index contributed by atoms with van der Waals surface area (Å²) in [5, 5.41) is 0. The molecule has 0 amide bonds. The number of carbonyl (C=O) groups excluding carboxylic acids is 2. The molecule has 0 N–H and O–H groups in total. The SMILES string of the molecule is CCCC(C(=O)OC)C(=O)OC(C)(C)C. The first-order valence-corrected chi connectivity index (χ1v) is 5.12. The molecule has 1 unspecified atom stereocenters. The van der Waals surface area contributed by atoms with Gasteiger partial charge in [0.15, 0.2) is 5.92 Å². The smallest absolute Gasteiger partial charge is 0.320 e. The van der Waals surface area contributed by atoms with Gasteiger partial charge in [-0.2, -0.15) is 0 Å². The molecule has 0 aromatic rings. The predicted molar refractivity (Wildman–Crippen MR) is 56.3 cm³/mol. The van der Waals surface area contributed by atoms with Crippen LogP contribution in [-0.2, 0) is 19.1 Å². The van der Waals surface area contributed by atoms with Crippen LogP contribution in [0.15, 0.2) is 0 Å². The Bertz CT molecular complexity index is 227. The van der Waals surface area contributed by atoms with Gasteiger partial charge in [-0.25, -0.2) is 0 Å². The molecule has 1 atom stereocenters. The van der Waals surface area contributed by atoms with E-state index < -0.39 is 23.5 Å². The van der Waals surface area contributed by atoms with Gasteiger partial charge in [0.2, 0.25) is 0 Å². The van der Waals surface area contributed by atoms with Crippen LogP contribution in [-0.4, -0.2) is 24.6 Å². The molecule has 0 spiro atoms. The van der Waals surface area contributed by atoms with E-state index in [1.54, 1.807) is 20.8 Å². The molecule has 0 heterocycles. The van der Waals surface area contributed by atoms with Crippen molar-refractivity contribution in [2.45, 2.75) is 46.1 Å². The van der Waals surface area contributed by atoms with E-state index >= 15 is 0 Å². The number of hydrogen-bond donors (Lipinski definition) is 0. The average molecular weight is 216 g/mol. The number of ether oxygens (including phenoxy) is 2. The number of methoxy groups -OCH3 is 1. The Morgan fingerprint density at radius 2 is 1.73 bits per heavy atom. The lowest BCUT2D eigenvalue weighted by atomic mass is 10.0. The second-order valence-electron chi connectivity index (χ2n) is 4.40. The van der Waals surface area contributed by atoms with Gasteiger partial charge in [0.1, 0.15) is 5.60 Å². The highest BCUT2D eigenvalue weighted by molar-refractivity contribution is 5.94. The highest BCUT2D eigenvalue weighted by Crippen LogP contribution is 2.16. The first-order chi connectivity index (χ1) is 6.81. The molecule has 0 rings (SSSR count). The van der Waals surface area contributed by atoms with E-state index in [0.29, 0.717) is 6.42 Å². The van der Waals surface area contributed by atoms with Crippen molar-refractivity contribution in [3.05, 3.63) is 0 Å². The largest absolute Gasteiger partial charge is 0.468 e. The van der Waals surface area contributed by atoms with E-state index in [0.717, 1.165) is 6.42 Å². The van der Waals surface area contributed by atoms with Gasteiger partial charge in [-0.05, 0) is 27.2 Å². The maximum atomic E-state index is 11.6. The van der Waals surface area contributed by atoms with Crippen LogP contribution in [0, 0.1) is 5.92 Å². The van der Waals surface area contributed by atoms with E-state index in [2.05, 4.69) is 4.74 Å². The van der Waals surface area contributed by atoms with Crippen molar-refractivity contribution in [2.24, 2.45) is 5.92 Å². The summed E-state index contributed by atoms with van der Waals surface area (Å²) < 4.78 is 9.70. The lowest BCUT2D eigenvalue weighted by Crippen LogP contribution is -2.33. The molecule has 0 aliphatic heterocycles. The third-order valence-electron chi connectivity index (χ3n) is 1.75. The summed E-state index contributed by atoms with van der Waals surface area (Å²) in [4.78, 5) is 22.9. The monoisotopic (exact) mass is 216 g/mol. The lowest BCUT2D eigenvalue weighted by Gasteiger charge is -2.22. The molecule has 88 valence electrons. The van der Waals surface area contributed by atoms with Gasteiger partial charge < -0.3 is 9.47 Å². The fourth-order valence-electron chi connectivity index (χ4n) is 1.14. The fourth-order valence-corrected chi connectivity index (χ4v) is 1.14. The second kappa shape index (κ2) is 5.73. The fraction of sp³-hybridized carbons (Fsp3) is 0.818. The van der Waals surface area contributed by atoms with Gasteiger partial charge >= 0.3 is 11.9 Å². The summed E-state index contributed by atoms with van der Waals surface area (Å²) in [5.74, 6) is -1.82. The topological polar surface area (TPSA) is 52.6 Å². The van der Waals surface area contributed by atoms with Crippen LogP contribution in [0.2, 0.25) is 0 Å². The van der Waals surface area contributed by atoms with Crippen molar-refractivity contribution in [1.82, 2.24) is 0 Å². The van der Waals surface area contributed by atoms with E-state index in [1.807, 2.05) is 6.92 Å². The summed E-state index contributed by atoms with van der Waals surface area (Å²) in [6.07, 6.45) is 1.20. The maximum Gasteiger partial charge on any atom is 0.320 e. The van der Waals surface area contributed by atoms with Crippen molar-refractivity contribution in [1.29, 1.82) is 0 Å². The zero-order valence-electron chi connectivity index (χ0n) is 10.1. The lowest BCUT2D eigenvalue weighted by molar-refractivity contribution is -0.168. The highest BCUT2D eigenvalue weighted by Gasteiger charge is 2.31. The Labute approximate surface area is 90.9 Å². The number of rotatable bonds is 4. The molecular formula is C11H20O4. The van der Waals surface area contributed by atoms with Crippen LogP contribution in [0.4, 0.5) is 0 Å². The van der Waals surface area contributed by atoms with E-state index in [9.17, 15) is 9.59 Å². The summed E-state index contributed by atoms with van der Waals surface area (Å²) in [6, 6.07) is 0. The first kappa shape index (κ1) is 13.9. The minimum Gasteiger partial charge on any atom is -0.468 e. The third kappa shape index (κ3) is 5.40. The van der Waals surface area contributed by atoms with Crippen LogP contribution in [0.5, 0.6) is 0 Å². The first-order valence-electron chi connectivity index (χ1n) is 5.12. The molecule has 0 bridgehead atoms. The Kier molecular flexibility index (Phi) is 5.33. The molecule has 0 saturated carbocycles. The van der Waals surface area contributed by atoms with Crippen molar-refractivity contribution in [3.63, 3.8) is 0 Å². The normalized spacial score (nSPS) is 13.1. The minimum absolute atomic E-state index is 0.460. The van der Waals surface area contributed by atoms with Crippen LogP contribution in [0.3, 0.4) is 0 Å². The quantitative estimate of drug-likeness (QED) is 0.532. The summed E-state index contributed by atoms with van der Waals surface area (Å²) in [6.45, 7) is 7.21. The number of hydrogen-bond acceptors (Lipinski definition) is 4. The Morgan fingerprint density at radius 1 is 1.20 bits per heavy atom. The van der Waals surface area contributed by atoms with E-state index in [4.69, 9.17) is 4.74 Å². The Morgan fingerprint density at radius 3 is 2.07 bits per heavy atom. The zero-order chi connectivity index (χ0) is 12.1. The van der Waals surface area contributed by atoms with Crippen molar-refractivity contribution in [3.8, 4) is 0 Å². The van der Waals surface area contributed by atoms with Gasteiger partial charge in [0, 0.05) is 0 Å². The van der Waals surface area contributed by atoms with Crippen molar-refractivity contribution >= 4 is 11.9 Å². The van der Waals surface area contributed by atoms with Gasteiger partial charge in [0.25, 0.3) is 0 Å². The Hall–Kier alpha value is -1.06. The molecule has 0 saturated heterocycles. The zero-order valence-corrected chi connectivity index (χ0v) is 10.1.